The summed E-state index contributed by atoms with van der Waals surface area (Å²) in [4.78, 5) is 3.72. The molecule has 0 aliphatic heterocycles. The average Bonchev–Trinajstić information content (AvgIpc) is 2.01. The van der Waals surface area contributed by atoms with Crippen LogP contribution in [0.4, 0.5) is 5.69 Å². The van der Waals surface area contributed by atoms with Crippen LogP contribution in [0.5, 0.6) is 0 Å². The highest BCUT2D eigenvalue weighted by Gasteiger charge is 1.86. The summed E-state index contributed by atoms with van der Waals surface area (Å²) in [5, 5.41) is 2.65. The van der Waals surface area contributed by atoms with E-state index in [9.17, 15) is 0 Å². The van der Waals surface area contributed by atoms with E-state index in [0.717, 1.165) is 0 Å². The minimum Gasteiger partial charge on any atom is -0.387 e. The zero-order valence-electron chi connectivity index (χ0n) is 7.83. The third-order valence-corrected chi connectivity index (χ3v) is 1.18. The molecule has 1 N–H and O–H groups in total. The fraction of sp³-hybridized carbons (Fsp3) is 0.167. The second kappa shape index (κ2) is 2.82. The standard InChI is InChI=1S/C6H7BrN2/c1-8-5-2-3-6(7)9-4-5/h2-4,8H,1H3/i2D,3D,4D. The highest BCUT2D eigenvalue weighted by atomic mass is 79.9. The van der Waals surface area contributed by atoms with Crippen molar-refractivity contribution in [2.24, 2.45) is 0 Å². The number of hydrogen-bond donors (Lipinski definition) is 1. The molecule has 1 heterocycles. The minimum absolute atomic E-state index is 0.00431. The molecule has 0 saturated heterocycles. The summed E-state index contributed by atoms with van der Waals surface area (Å²) in [7, 11) is 1.60. The third-order valence-electron chi connectivity index (χ3n) is 0.807. The number of aromatic nitrogens is 1. The second-order valence-electron chi connectivity index (χ2n) is 1.39. The third kappa shape index (κ3) is 1.68. The van der Waals surface area contributed by atoms with Gasteiger partial charge >= 0.3 is 0 Å². The van der Waals surface area contributed by atoms with E-state index in [0.29, 0.717) is 0 Å². The summed E-state index contributed by atoms with van der Waals surface area (Å²) in [6.07, 6.45) is -0.0228. The predicted molar refractivity (Wildman–Crippen MR) is 41.5 cm³/mol. The van der Waals surface area contributed by atoms with Gasteiger partial charge in [0.25, 0.3) is 0 Å². The van der Waals surface area contributed by atoms with Crippen molar-refractivity contribution in [2.75, 3.05) is 12.4 Å². The van der Waals surface area contributed by atoms with Crippen molar-refractivity contribution >= 4 is 21.6 Å². The molecule has 0 unspecified atom stereocenters. The molecule has 1 rings (SSSR count). The molecule has 0 aromatic carbocycles. The monoisotopic (exact) mass is 189 g/mol. The molecule has 1 aromatic heterocycles. The summed E-state index contributed by atoms with van der Waals surface area (Å²) in [6.45, 7) is 0. The van der Waals surface area contributed by atoms with Gasteiger partial charge in [0.1, 0.15) is 4.60 Å². The zero-order valence-corrected chi connectivity index (χ0v) is 6.41. The molecule has 1 aromatic rings. The molecule has 0 radical (unpaired) electrons. The van der Waals surface area contributed by atoms with Crippen molar-refractivity contribution in [1.82, 2.24) is 4.98 Å². The van der Waals surface area contributed by atoms with Gasteiger partial charge in [0, 0.05) is 7.05 Å². The Morgan fingerprint density at radius 2 is 2.56 bits per heavy atom. The summed E-state index contributed by atoms with van der Waals surface area (Å²) >= 11 is 2.99. The lowest BCUT2D eigenvalue weighted by molar-refractivity contribution is 1.27. The van der Waals surface area contributed by atoms with Crippen molar-refractivity contribution in [2.45, 2.75) is 0 Å². The fourth-order valence-electron chi connectivity index (χ4n) is 0.393. The van der Waals surface area contributed by atoms with Crippen LogP contribution in [0.25, 0.3) is 0 Å². The molecule has 0 bridgehead atoms. The van der Waals surface area contributed by atoms with Crippen molar-refractivity contribution < 1.29 is 4.11 Å². The van der Waals surface area contributed by atoms with E-state index in [4.69, 9.17) is 4.11 Å². The van der Waals surface area contributed by atoms with Crippen LogP contribution in [0, 0.1) is 0 Å². The number of nitrogens with zero attached hydrogens (tertiary/aromatic N) is 1. The Balaban J connectivity index is 3.40. The molecule has 2 nitrogen and oxygen atoms in total. The molecule has 0 atom stereocenters. The van der Waals surface area contributed by atoms with Crippen molar-refractivity contribution in [3.8, 4) is 0 Å². The molecule has 0 fully saturated rings. The lowest BCUT2D eigenvalue weighted by Crippen LogP contribution is -1.87. The average molecular weight is 190 g/mol. The largest absolute Gasteiger partial charge is 0.387 e. The fourth-order valence-corrected chi connectivity index (χ4v) is 0.581. The van der Waals surface area contributed by atoms with Crippen molar-refractivity contribution in [1.29, 1.82) is 0 Å². The normalized spacial score (nSPS) is 13.8. The van der Waals surface area contributed by atoms with Gasteiger partial charge in [0.2, 0.25) is 0 Å². The summed E-state index contributed by atoms with van der Waals surface area (Å²) in [6, 6.07) is -0.0141. The lowest BCUT2D eigenvalue weighted by Gasteiger charge is -1.95. The topological polar surface area (TPSA) is 24.9 Å². The van der Waals surface area contributed by atoms with Gasteiger partial charge in [0.05, 0.1) is 16.0 Å². The van der Waals surface area contributed by atoms with E-state index >= 15 is 0 Å². The van der Waals surface area contributed by atoms with Gasteiger partial charge in [-0.15, -0.1) is 0 Å². The summed E-state index contributed by atoms with van der Waals surface area (Å²) in [5.74, 6) is 0. The van der Waals surface area contributed by atoms with E-state index in [1.54, 1.807) is 7.05 Å². The molecule has 0 spiro atoms. The molecule has 0 amide bonds. The Morgan fingerprint density at radius 1 is 1.78 bits per heavy atom. The van der Waals surface area contributed by atoms with E-state index in [2.05, 4.69) is 26.2 Å². The number of halogens is 1. The number of rotatable bonds is 1. The number of anilines is 1. The van der Waals surface area contributed by atoms with E-state index in [-0.39, 0.29) is 28.5 Å². The molecule has 9 heavy (non-hydrogen) atoms. The van der Waals surface area contributed by atoms with Crippen LogP contribution in [0.15, 0.2) is 22.9 Å². The van der Waals surface area contributed by atoms with Crippen molar-refractivity contribution in [3.63, 3.8) is 0 Å². The smallest absolute Gasteiger partial charge is 0.106 e. The predicted octanol–water partition coefficient (Wildman–Crippen LogP) is 1.89. The summed E-state index contributed by atoms with van der Waals surface area (Å²) in [5.41, 5.74) is 0.281. The van der Waals surface area contributed by atoms with Gasteiger partial charge in [-0.1, -0.05) is 0 Å². The maximum absolute atomic E-state index is 7.44. The Kier molecular flexibility index (Phi) is 1.12. The van der Waals surface area contributed by atoms with Gasteiger partial charge in [-0.2, -0.15) is 0 Å². The number of hydrogen-bond acceptors (Lipinski definition) is 2. The Morgan fingerprint density at radius 3 is 3.22 bits per heavy atom. The molecule has 0 aliphatic rings. The van der Waals surface area contributed by atoms with Crippen LogP contribution in [-0.4, -0.2) is 12.0 Å². The number of pyridine rings is 1. The Hall–Kier alpha value is -0.570. The van der Waals surface area contributed by atoms with Gasteiger partial charge in [-0.05, 0) is 28.0 Å². The van der Waals surface area contributed by atoms with Gasteiger partial charge < -0.3 is 5.32 Å². The first-order chi connectivity index (χ1) is 5.57. The van der Waals surface area contributed by atoms with Crippen LogP contribution in [-0.2, 0) is 0 Å². The SMILES string of the molecule is [2H]c1nc(Br)c([2H])c([2H])c1NC. The Bertz CT molecular complexity index is 316. The van der Waals surface area contributed by atoms with Crippen LogP contribution in [0.1, 0.15) is 4.11 Å². The van der Waals surface area contributed by atoms with Crippen LogP contribution >= 0.6 is 15.9 Å². The maximum atomic E-state index is 7.44. The first-order valence-corrected chi connectivity index (χ1v) is 3.18. The molecule has 48 valence electrons. The first kappa shape index (κ1) is 3.56. The highest BCUT2D eigenvalue weighted by molar-refractivity contribution is 9.10. The number of nitrogens with one attached hydrogen (secondary N) is 1. The van der Waals surface area contributed by atoms with E-state index in [1.807, 2.05) is 0 Å². The van der Waals surface area contributed by atoms with Gasteiger partial charge in [0.15, 0.2) is 0 Å². The summed E-state index contributed by atoms with van der Waals surface area (Å²) < 4.78 is 22.4. The second-order valence-corrected chi connectivity index (χ2v) is 2.14. The molecular weight excluding hydrogens is 180 g/mol. The highest BCUT2D eigenvalue weighted by Crippen LogP contribution is 2.08. The molecular formula is C6H7BrN2. The van der Waals surface area contributed by atoms with Gasteiger partial charge in [-0.3, -0.25) is 0 Å². The lowest BCUT2D eigenvalue weighted by atomic mass is 10.4. The molecule has 0 aliphatic carbocycles. The zero-order chi connectivity index (χ0) is 9.30. The quantitative estimate of drug-likeness (QED) is 0.684. The van der Waals surface area contributed by atoms with Gasteiger partial charge in [-0.25, -0.2) is 4.98 Å². The van der Waals surface area contributed by atoms with Crippen molar-refractivity contribution in [3.05, 3.63) is 22.9 Å². The molecule has 0 saturated carbocycles. The first-order valence-electron chi connectivity index (χ1n) is 3.89. The van der Waals surface area contributed by atoms with Crippen LogP contribution in [0.2, 0.25) is 0 Å². The minimum atomic E-state index is -0.0228. The van der Waals surface area contributed by atoms with E-state index in [1.165, 1.54) is 0 Å². The molecule has 3 heteroatoms. The maximum Gasteiger partial charge on any atom is 0.106 e. The van der Waals surface area contributed by atoms with Crippen LogP contribution < -0.4 is 5.32 Å². The van der Waals surface area contributed by atoms with E-state index < -0.39 is 0 Å². The van der Waals surface area contributed by atoms with Crippen LogP contribution in [0.3, 0.4) is 0 Å². The Labute approximate surface area is 66.6 Å².